The van der Waals surface area contributed by atoms with Crippen molar-refractivity contribution >= 4 is 0 Å². The summed E-state index contributed by atoms with van der Waals surface area (Å²) in [6.45, 7) is 4.19. The molecule has 0 aliphatic heterocycles. The summed E-state index contributed by atoms with van der Waals surface area (Å²) in [4.78, 5) is 0. The van der Waals surface area contributed by atoms with Crippen molar-refractivity contribution in [1.82, 2.24) is 0 Å². The molecule has 0 unspecified atom stereocenters. The van der Waals surface area contributed by atoms with Crippen LogP contribution in [0.3, 0.4) is 0 Å². The zero-order valence-corrected chi connectivity index (χ0v) is 11.0. The summed E-state index contributed by atoms with van der Waals surface area (Å²) < 4.78 is 5.72. The summed E-state index contributed by atoms with van der Waals surface area (Å²) in [6, 6.07) is 12.8. The molecule has 0 heterocycles. The molecule has 0 saturated carbocycles. The normalized spacial score (nSPS) is 9.95. The van der Waals surface area contributed by atoms with Gasteiger partial charge < -0.3 is 9.84 Å². The molecule has 3 nitrogen and oxygen atoms in total. The van der Waals surface area contributed by atoms with E-state index in [1.165, 1.54) is 0 Å². The van der Waals surface area contributed by atoms with E-state index in [9.17, 15) is 5.11 Å². The number of phenolic OH excluding ortho intramolecular Hbond substituents is 1. The summed E-state index contributed by atoms with van der Waals surface area (Å²) in [7, 11) is 0. The monoisotopic (exact) mass is 253 g/mol. The molecule has 0 spiro atoms. The topological polar surface area (TPSA) is 53.2 Å². The fraction of sp³-hybridized carbons (Fsp3) is 0.188. The van der Waals surface area contributed by atoms with E-state index in [0.29, 0.717) is 17.9 Å². The first-order valence-corrected chi connectivity index (χ1v) is 6.03. The second kappa shape index (κ2) is 5.45. The smallest absolute Gasteiger partial charge is 0.126 e. The van der Waals surface area contributed by atoms with Crippen LogP contribution in [0, 0.1) is 25.2 Å². The van der Waals surface area contributed by atoms with Gasteiger partial charge in [-0.05, 0) is 49.2 Å². The van der Waals surface area contributed by atoms with Crippen molar-refractivity contribution in [3.8, 4) is 17.6 Å². The van der Waals surface area contributed by atoms with E-state index < -0.39 is 0 Å². The van der Waals surface area contributed by atoms with E-state index in [-0.39, 0.29) is 5.75 Å². The van der Waals surface area contributed by atoms with Gasteiger partial charge in [0.25, 0.3) is 0 Å². The summed E-state index contributed by atoms with van der Waals surface area (Å²) in [5.74, 6) is 0.901. The molecule has 0 aromatic heterocycles. The molecule has 2 aromatic rings. The van der Waals surface area contributed by atoms with Crippen molar-refractivity contribution in [3.63, 3.8) is 0 Å². The molecule has 2 rings (SSSR count). The van der Waals surface area contributed by atoms with Crippen LogP contribution in [0.2, 0.25) is 0 Å². The Balaban J connectivity index is 2.15. The lowest BCUT2D eigenvalue weighted by Crippen LogP contribution is -1.99. The first kappa shape index (κ1) is 13.0. The maximum Gasteiger partial charge on any atom is 0.126 e. The van der Waals surface area contributed by atoms with Crippen LogP contribution in [-0.4, -0.2) is 5.11 Å². The van der Waals surface area contributed by atoms with Crippen LogP contribution in [0.15, 0.2) is 36.4 Å². The molecular formula is C16H15NO2. The minimum Gasteiger partial charge on any atom is -0.508 e. The zero-order chi connectivity index (χ0) is 13.8. The highest BCUT2D eigenvalue weighted by atomic mass is 16.5. The lowest BCUT2D eigenvalue weighted by molar-refractivity contribution is 0.301. The highest BCUT2D eigenvalue weighted by Gasteiger charge is 2.05. The second-order valence-corrected chi connectivity index (χ2v) is 4.44. The van der Waals surface area contributed by atoms with E-state index in [2.05, 4.69) is 6.07 Å². The molecule has 3 heteroatoms. The highest BCUT2D eigenvalue weighted by molar-refractivity contribution is 5.43. The molecule has 0 bridgehead atoms. The Hall–Kier alpha value is -2.47. The summed E-state index contributed by atoms with van der Waals surface area (Å²) >= 11 is 0. The molecule has 0 aliphatic rings. The maximum atomic E-state index is 9.60. The van der Waals surface area contributed by atoms with Gasteiger partial charge in [0.1, 0.15) is 18.1 Å². The molecule has 0 radical (unpaired) electrons. The predicted molar refractivity (Wildman–Crippen MR) is 73.1 cm³/mol. The quantitative estimate of drug-likeness (QED) is 0.911. The minimum absolute atomic E-state index is 0.231. The molecule has 0 saturated heterocycles. The summed E-state index contributed by atoms with van der Waals surface area (Å²) in [5.41, 5.74) is 3.43. The van der Waals surface area contributed by atoms with Gasteiger partial charge in [-0.2, -0.15) is 5.26 Å². The molecule has 0 amide bonds. The average molecular weight is 253 g/mol. The minimum atomic E-state index is 0.231. The number of nitrogens with zero attached hydrogens (tertiary/aromatic N) is 1. The van der Waals surface area contributed by atoms with Gasteiger partial charge in [0.15, 0.2) is 0 Å². The molecule has 0 fully saturated rings. The Morgan fingerprint density at radius 3 is 2.68 bits per heavy atom. The third-order valence-corrected chi connectivity index (χ3v) is 3.11. The first-order valence-electron chi connectivity index (χ1n) is 6.03. The van der Waals surface area contributed by atoms with Gasteiger partial charge in [0.2, 0.25) is 0 Å². The van der Waals surface area contributed by atoms with Crippen molar-refractivity contribution in [3.05, 3.63) is 58.7 Å². The van der Waals surface area contributed by atoms with Crippen molar-refractivity contribution in [2.75, 3.05) is 0 Å². The van der Waals surface area contributed by atoms with Crippen molar-refractivity contribution in [1.29, 1.82) is 5.26 Å². The van der Waals surface area contributed by atoms with Gasteiger partial charge in [0.05, 0.1) is 11.6 Å². The number of rotatable bonds is 3. The molecule has 1 N–H and O–H groups in total. The van der Waals surface area contributed by atoms with Crippen LogP contribution in [0.1, 0.15) is 22.3 Å². The van der Waals surface area contributed by atoms with Crippen LogP contribution < -0.4 is 4.74 Å². The Kier molecular flexibility index (Phi) is 3.72. The zero-order valence-electron chi connectivity index (χ0n) is 11.0. The van der Waals surface area contributed by atoms with Crippen LogP contribution in [-0.2, 0) is 6.61 Å². The molecular weight excluding hydrogens is 238 g/mol. The van der Waals surface area contributed by atoms with Gasteiger partial charge in [-0.1, -0.05) is 12.1 Å². The van der Waals surface area contributed by atoms with E-state index in [4.69, 9.17) is 10.00 Å². The molecule has 0 aliphatic carbocycles. The number of benzene rings is 2. The number of hydrogen-bond donors (Lipinski definition) is 1. The van der Waals surface area contributed by atoms with Gasteiger partial charge in [0, 0.05) is 5.56 Å². The van der Waals surface area contributed by atoms with Gasteiger partial charge in [-0.25, -0.2) is 0 Å². The molecule has 2 aromatic carbocycles. The molecule has 96 valence electrons. The first-order chi connectivity index (χ1) is 9.11. The number of hydrogen-bond acceptors (Lipinski definition) is 3. The second-order valence-electron chi connectivity index (χ2n) is 4.44. The molecule has 0 atom stereocenters. The number of nitriles is 1. The van der Waals surface area contributed by atoms with E-state index in [1.807, 2.05) is 32.0 Å². The van der Waals surface area contributed by atoms with Crippen molar-refractivity contribution in [2.45, 2.75) is 20.5 Å². The Labute approximate surface area is 112 Å². The fourth-order valence-electron chi connectivity index (χ4n) is 1.84. The summed E-state index contributed by atoms with van der Waals surface area (Å²) in [5, 5.41) is 18.4. The van der Waals surface area contributed by atoms with Gasteiger partial charge >= 0.3 is 0 Å². The van der Waals surface area contributed by atoms with E-state index in [1.54, 1.807) is 18.2 Å². The standard InChI is InChI=1S/C16H15NO2/c1-11-8-13(9-17)6-7-14(11)10-19-16-5-3-4-15(18)12(16)2/h3-8,18H,10H2,1-2H3. The Morgan fingerprint density at radius 2 is 2.00 bits per heavy atom. The Morgan fingerprint density at radius 1 is 1.21 bits per heavy atom. The van der Waals surface area contributed by atoms with Crippen LogP contribution >= 0.6 is 0 Å². The SMILES string of the molecule is Cc1cc(C#N)ccc1COc1cccc(O)c1C. The average Bonchev–Trinajstić information content (AvgIpc) is 2.41. The van der Waals surface area contributed by atoms with Crippen LogP contribution in [0.5, 0.6) is 11.5 Å². The predicted octanol–water partition coefficient (Wildman–Crippen LogP) is 3.46. The van der Waals surface area contributed by atoms with Gasteiger partial charge in [-0.15, -0.1) is 0 Å². The third kappa shape index (κ3) is 2.86. The summed E-state index contributed by atoms with van der Waals surface area (Å²) in [6.07, 6.45) is 0. The van der Waals surface area contributed by atoms with Crippen molar-refractivity contribution in [2.24, 2.45) is 0 Å². The fourth-order valence-corrected chi connectivity index (χ4v) is 1.84. The third-order valence-electron chi connectivity index (χ3n) is 3.11. The van der Waals surface area contributed by atoms with Crippen molar-refractivity contribution < 1.29 is 9.84 Å². The lowest BCUT2D eigenvalue weighted by atomic mass is 10.1. The largest absolute Gasteiger partial charge is 0.508 e. The Bertz CT molecular complexity index is 642. The number of phenols is 1. The maximum absolute atomic E-state index is 9.60. The number of ether oxygens (including phenoxy) is 1. The van der Waals surface area contributed by atoms with Crippen LogP contribution in [0.25, 0.3) is 0 Å². The van der Waals surface area contributed by atoms with E-state index >= 15 is 0 Å². The lowest BCUT2D eigenvalue weighted by Gasteiger charge is -2.11. The molecule has 19 heavy (non-hydrogen) atoms. The number of aromatic hydroxyl groups is 1. The number of aryl methyl sites for hydroxylation is 1. The van der Waals surface area contributed by atoms with Crippen LogP contribution in [0.4, 0.5) is 0 Å². The van der Waals surface area contributed by atoms with Gasteiger partial charge in [-0.3, -0.25) is 0 Å². The highest BCUT2D eigenvalue weighted by Crippen LogP contribution is 2.27. The van der Waals surface area contributed by atoms with E-state index in [0.717, 1.165) is 16.7 Å².